The molecule has 0 aliphatic carbocycles. The summed E-state index contributed by atoms with van der Waals surface area (Å²) in [6.45, 7) is 6.87. The number of carbonyl (C=O) groups is 1. The van der Waals surface area contributed by atoms with E-state index >= 15 is 0 Å². The molecule has 8 nitrogen and oxygen atoms in total. The maximum absolute atomic E-state index is 11.8. The standard InChI is InChI=1S/C22H30N2O6/c1-15-18(22(25)29-5)12-17(30-15)14-24-10-8-23(9-11-24)13-16-6-7-19(26-2)21(28-4)20(16)27-3/h6-7,12H,8-11,13-14H2,1-5H3. The molecule has 0 N–H and O–H groups in total. The summed E-state index contributed by atoms with van der Waals surface area (Å²) in [5.74, 6) is 2.99. The van der Waals surface area contributed by atoms with Gasteiger partial charge < -0.3 is 23.4 Å². The van der Waals surface area contributed by atoms with Crippen molar-refractivity contribution in [2.75, 3.05) is 54.6 Å². The Balaban J connectivity index is 1.60. The van der Waals surface area contributed by atoms with Crippen molar-refractivity contribution in [3.05, 3.63) is 40.8 Å². The van der Waals surface area contributed by atoms with Crippen LogP contribution in [0.2, 0.25) is 0 Å². The monoisotopic (exact) mass is 418 g/mol. The van der Waals surface area contributed by atoms with Crippen LogP contribution in [-0.4, -0.2) is 70.4 Å². The van der Waals surface area contributed by atoms with E-state index < -0.39 is 0 Å². The molecular weight excluding hydrogens is 388 g/mol. The highest BCUT2D eigenvalue weighted by molar-refractivity contribution is 5.90. The molecule has 0 spiro atoms. The molecule has 30 heavy (non-hydrogen) atoms. The van der Waals surface area contributed by atoms with Crippen LogP contribution in [0.3, 0.4) is 0 Å². The Morgan fingerprint density at radius 2 is 1.57 bits per heavy atom. The topological polar surface area (TPSA) is 73.6 Å². The van der Waals surface area contributed by atoms with Gasteiger partial charge in [-0.25, -0.2) is 4.79 Å². The van der Waals surface area contributed by atoms with Crippen molar-refractivity contribution in [3.8, 4) is 17.2 Å². The molecule has 164 valence electrons. The summed E-state index contributed by atoms with van der Waals surface area (Å²) in [4.78, 5) is 16.5. The largest absolute Gasteiger partial charge is 0.493 e. The molecule has 1 aliphatic rings. The summed E-state index contributed by atoms with van der Waals surface area (Å²) >= 11 is 0. The number of furan rings is 1. The Bertz CT molecular complexity index is 871. The number of benzene rings is 1. The number of nitrogens with zero attached hydrogens (tertiary/aromatic N) is 2. The maximum Gasteiger partial charge on any atom is 0.341 e. The van der Waals surface area contributed by atoms with Crippen LogP contribution < -0.4 is 14.2 Å². The Morgan fingerprint density at radius 1 is 0.933 bits per heavy atom. The van der Waals surface area contributed by atoms with Crippen LogP contribution in [0.4, 0.5) is 0 Å². The number of ether oxygens (including phenoxy) is 4. The van der Waals surface area contributed by atoms with Gasteiger partial charge in [0.05, 0.1) is 35.0 Å². The van der Waals surface area contributed by atoms with Gasteiger partial charge in [-0.1, -0.05) is 6.07 Å². The smallest absolute Gasteiger partial charge is 0.341 e. The van der Waals surface area contributed by atoms with Crippen LogP contribution in [0, 0.1) is 6.92 Å². The van der Waals surface area contributed by atoms with E-state index in [1.807, 2.05) is 12.1 Å². The molecule has 3 rings (SSSR count). The Morgan fingerprint density at radius 3 is 2.13 bits per heavy atom. The van der Waals surface area contributed by atoms with E-state index in [0.29, 0.717) is 35.1 Å². The lowest BCUT2D eigenvalue weighted by atomic mass is 10.1. The summed E-state index contributed by atoms with van der Waals surface area (Å²) in [6.07, 6.45) is 0. The average Bonchev–Trinajstić information content (AvgIpc) is 3.13. The predicted octanol–water partition coefficient (Wildman–Crippen LogP) is 2.72. The van der Waals surface area contributed by atoms with Crippen molar-refractivity contribution in [2.24, 2.45) is 0 Å². The van der Waals surface area contributed by atoms with Gasteiger partial charge in [-0.2, -0.15) is 0 Å². The Kier molecular flexibility index (Phi) is 7.23. The third-order valence-electron chi connectivity index (χ3n) is 5.40. The number of piperazine rings is 1. The van der Waals surface area contributed by atoms with Gasteiger partial charge in [0.25, 0.3) is 0 Å². The van der Waals surface area contributed by atoms with Crippen molar-refractivity contribution < 1.29 is 28.2 Å². The lowest BCUT2D eigenvalue weighted by Gasteiger charge is -2.34. The van der Waals surface area contributed by atoms with Crippen molar-refractivity contribution >= 4 is 5.97 Å². The van der Waals surface area contributed by atoms with Crippen LogP contribution in [0.15, 0.2) is 22.6 Å². The van der Waals surface area contributed by atoms with Gasteiger partial charge in [0.15, 0.2) is 11.5 Å². The third-order valence-corrected chi connectivity index (χ3v) is 5.40. The number of methoxy groups -OCH3 is 4. The minimum Gasteiger partial charge on any atom is -0.493 e. The van der Waals surface area contributed by atoms with E-state index in [4.69, 9.17) is 23.4 Å². The predicted molar refractivity (Wildman–Crippen MR) is 111 cm³/mol. The third kappa shape index (κ3) is 4.71. The van der Waals surface area contributed by atoms with Crippen molar-refractivity contribution in [2.45, 2.75) is 20.0 Å². The molecule has 8 heteroatoms. The molecule has 0 unspecified atom stereocenters. The normalized spacial score (nSPS) is 15.1. The molecule has 0 amide bonds. The Labute approximate surface area is 177 Å². The van der Waals surface area contributed by atoms with E-state index in [0.717, 1.165) is 44.0 Å². The lowest BCUT2D eigenvalue weighted by molar-refractivity contribution is 0.0599. The van der Waals surface area contributed by atoms with E-state index in [2.05, 4.69) is 9.80 Å². The molecule has 0 saturated carbocycles. The number of carbonyl (C=O) groups excluding carboxylic acids is 1. The second kappa shape index (κ2) is 9.86. The summed E-state index contributed by atoms with van der Waals surface area (Å²) in [6, 6.07) is 5.71. The van der Waals surface area contributed by atoms with Gasteiger partial charge in [0.2, 0.25) is 5.75 Å². The van der Waals surface area contributed by atoms with Gasteiger partial charge in [0.1, 0.15) is 17.1 Å². The number of hydrogen-bond acceptors (Lipinski definition) is 8. The summed E-state index contributed by atoms with van der Waals surface area (Å²) < 4.78 is 27.0. The molecule has 2 heterocycles. The van der Waals surface area contributed by atoms with E-state index in [1.54, 1.807) is 34.3 Å². The fourth-order valence-corrected chi connectivity index (χ4v) is 3.79. The molecule has 1 aromatic heterocycles. The highest BCUT2D eigenvalue weighted by Gasteiger charge is 2.23. The van der Waals surface area contributed by atoms with Gasteiger partial charge in [-0.15, -0.1) is 0 Å². The molecule has 2 aromatic rings. The van der Waals surface area contributed by atoms with Gasteiger partial charge >= 0.3 is 5.97 Å². The van der Waals surface area contributed by atoms with E-state index in [9.17, 15) is 4.79 Å². The lowest BCUT2D eigenvalue weighted by Crippen LogP contribution is -2.45. The molecule has 0 atom stereocenters. The SMILES string of the molecule is COC(=O)c1cc(CN2CCN(Cc3ccc(OC)c(OC)c3OC)CC2)oc1C. The zero-order valence-corrected chi connectivity index (χ0v) is 18.3. The van der Waals surface area contributed by atoms with Gasteiger partial charge in [-0.3, -0.25) is 9.80 Å². The highest BCUT2D eigenvalue weighted by Crippen LogP contribution is 2.40. The summed E-state index contributed by atoms with van der Waals surface area (Å²) in [7, 11) is 6.25. The number of esters is 1. The summed E-state index contributed by atoms with van der Waals surface area (Å²) in [5, 5.41) is 0. The second-order valence-electron chi connectivity index (χ2n) is 7.22. The first kappa shape index (κ1) is 22.0. The van der Waals surface area contributed by atoms with Gasteiger partial charge in [0, 0.05) is 38.3 Å². The van der Waals surface area contributed by atoms with Gasteiger partial charge in [-0.05, 0) is 19.1 Å². The van der Waals surface area contributed by atoms with Crippen LogP contribution in [0.25, 0.3) is 0 Å². The number of rotatable bonds is 8. The number of hydrogen-bond donors (Lipinski definition) is 0. The van der Waals surface area contributed by atoms with Crippen molar-refractivity contribution in [1.29, 1.82) is 0 Å². The molecule has 1 saturated heterocycles. The minimum absolute atomic E-state index is 0.365. The molecule has 0 radical (unpaired) electrons. The Hall–Kier alpha value is -2.71. The molecule has 1 fully saturated rings. The quantitative estimate of drug-likeness (QED) is 0.606. The van der Waals surface area contributed by atoms with Crippen LogP contribution in [0.5, 0.6) is 17.2 Å². The van der Waals surface area contributed by atoms with Crippen LogP contribution in [0.1, 0.15) is 27.4 Å². The maximum atomic E-state index is 11.8. The minimum atomic E-state index is -0.365. The van der Waals surface area contributed by atoms with Crippen molar-refractivity contribution in [1.82, 2.24) is 9.80 Å². The fourth-order valence-electron chi connectivity index (χ4n) is 3.79. The highest BCUT2D eigenvalue weighted by atomic mass is 16.5. The van der Waals surface area contributed by atoms with Crippen LogP contribution >= 0.6 is 0 Å². The molecule has 1 aliphatic heterocycles. The average molecular weight is 418 g/mol. The first-order chi connectivity index (χ1) is 14.5. The fraction of sp³-hybridized carbons (Fsp3) is 0.500. The first-order valence-electron chi connectivity index (χ1n) is 9.90. The summed E-state index contributed by atoms with van der Waals surface area (Å²) in [5.41, 5.74) is 1.56. The molecule has 1 aromatic carbocycles. The zero-order valence-electron chi connectivity index (χ0n) is 18.3. The second-order valence-corrected chi connectivity index (χ2v) is 7.22. The first-order valence-corrected chi connectivity index (χ1v) is 9.90. The van der Waals surface area contributed by atoms with Crippen molar-refractivity contribution in [3.63, 3.8) is 0 Å². The van der Waals surface area contributed by atoms with E-state index in [1.165, 1.54) is 7.11 Å². The van der Waals surface area contributed by atoms with Crippen LogP contribution in [-0.2, 0) is 17.8 Å². The number of aryl methyl sites for hydroxylation is 1. The van der Waals surface area contributed by atoms with E-state index in [-0.39, 0.29) is 5.97 Å². The molecular formula is C22H30N2O6. The zero-order chi connectivity index (χ0) is 21.7. The molecule has 0 bridgehead atoms.